The van der Waals surface area contributed by atoms with E-state index in [9.17, 15) is 0 Å². The first-order chi connectivity index (χ1) is 16.7. The van der Waals surface area contributed by atoms with Crippen molar-refractivity contribution >= 4 is 11.5 Å². The monoisotopic (exact) mass is 463 g/mol. The second-order valence-corrected chi connectivity index (χ2v) is 9.11. The topological polar surface area (TPSA) is 43.4 Å². The summed E-state index contributed by atoms with van der Waals surface area (Å²) >= 11 is 0. The van der Waals surface area contributed by atoms with Crippen molar-refractivity contribution in [2.24, 2.45) is 0 Å². The third kappa shape index (κ3) is 6.75. The predicted octanol–water partition coefficient (Wildman–Crippen LogP) is 5.79. The zero-order valence-corrected chi connectivity index (χ0v) is 22.0. The molecule has 1 fully saturated rings. The van der Waals surface area contributed by atoms with E-state index >= 15 is 0 Å². The zero-order valence-electron chi connectivity index (χ0n) is 22.0. The van der Waals surface area contributed by atoms with Crippen molar-refractivity contribution < 1.29 is 0 Å². The fourth-order valence-electron chi connectivity index (χ4n) is 4.84. The van der Waals surface area contributed by atoms with Gasteiger partial charge in [0.15, 0.2) is 0 Å². The molecule has 2 aromatic rings. The second-order valence-electron chi connectivity index (χ2n) is 9.11. The van der Waals surface area contributed by atoms with E-state index in [0.717, 1.165) is 57.8 Å². The third-order valence-electron chi connectivity index (χ3n) is 6.64. The van der Waals surface area contributed by atoms with E-state index in [1.165, 1.54) is 41.0 Å². The molecule has 2 aliphatic heterocycles. The standard InChI is InChI=1S/C27H39N5.C2H6/c1-4-6-7-27(32-17-12-23-18-21(3)8-10-25(23)32)30-20-22-9-11-26(29-19-22)31-15-13-24(14-16-31)28-5-2;1-2/h7-11,18-19,24,28,30H,4-6,12-17,20H2,1-3H3;1-2H3/b27-7+;. The van der Waals surface area contributed by atoms with Crippen molar-refractivity contribution in [3.05, 3.63) is 65.1 Å². The van der Waals surface area contributed by atoms with Crippen LogP contribution in [0.4, 0.5) is 11.5 Å². The first-order valence-corrected chi connectivity index (χ1v) is 13.4. The number of hydrogen-bond acceptors (Lipinski definition) is 5. The van der Waals surface area contributed by atoms with Gasteiger partial charge >= 0.3 is 0 Å². The van der Waals surface area contributed by atoms with Crippen LogP contribution in [0.2, 0.25) is 0 Å². The lowest BCUT2D eigenvalue weighted by Gasteiger charge is -2.33. The maximum Gasteiger partial charge on any atom is 0.128 e. The van der Waals surface area contributed by atoms with Gasteiger partial charge in [0.25, 0.3) is 0 Å². The lowest BCUT2D eigenvalue weighted by atomic mass is 10.1. The summed E-state index contributed by atoms with van der Waals surface area (Å²) in [5.74, 6) is 2.33. The first kappa shape index (κ1) is 26.1. The smallest absolute Gasteiger partial charge is 0.128 e. The van der Waals surface area contributed by atoms with Crippen molar-refractivity contribution in [2.45, 2.75) is 79.3 Å². The fraction of sp³-hybridized carbons (Fsp3) is 0.552. The Morgan fingerprint density at radius 3 is 2.56 bits per heavy atom. The molecular formula is C29H45N5. The molecule has 0 atom stereocenters. The molecule has 1 aromatic heterocycles. The van der Waals surface area contributed by atoms with Crippen LogP contribution in [0.25, 0.3) is 0 Å². The van der Waals surface area contributed by atoms with Gasteiger partial charge in [0.05, 0.1) is 0 Å². The summed E-state index contributed by atoms with van der Waals surface area (Å²) in [6.45, 7) is 15.7. The van der Waals surface area contributed by atoms with Crippen LogP contribution in [-0.4, -0.2) is 37.2 Å². The number of allylic oxidation sites excluding steroid dienone is 1. The summed E-state index contributed by atoms with van der Waals surface area (Å²) in [7, 11) is 0. The second kappa shape index (κ2) is 13.4. The van der Waals surface area contributed by atoms with Crippen LogP contribution < -0.4 is 20.4 Å². The Labute approximate surface area is 207 Å². The average molecular weight is 464 g/mol. The molecular weight excluding hydrogens is 418 g/mol. The van der Waals surface area contributed by atoms with E-state index < -0.39 is 0 Å². The van der Waals surface area contributed by atoms with Gasteiger partial charge in [0.2, 0.25) is 0 Å². The molecule has 186 valence electrons. The Morgan fingerprint density at radius 2 is 1.88 bits per heavy atom. The normalized spacial score (nSPS) is 16.2. The van der Waals surface area contributed by atoms with Gasteiger partial charge in [-0.2, -0.15) is 0 Å². The lowest BCUT2D eigenvalue weighted by Crippen LogP contribution is -2.42. The summed E-state index contributed by atoms with van der Waals surface area (Å²) in [6, 6.07) is 11.9. The van der Waals surface area contributed by atoms with Gasteiger partial charge < -0.3 is 20.4 Å². The Hall–Kier alpha value is -2.53. The van der Waals surface area contributed by atoms with Crippen LogP contribution in [0.1, 0.15) is 70.1 Å². The largest absolute Gasteiger partial charge is 0.368 e. The van der Waals surface area contributed by atoms with Crippen LogP contribution in [0.3, 0.4) is 0 Å². The van der Waals surface area contributed by atoms with Gasteiger partial charge in [-0.1, -0.05) is 57.9 Å². The Morgan fingerprint density at radius 1 is 1.09 bits per heavy atom. The quantitative estimate of drug-likeness (QED) is 0.493. The number of pyridine rings is 1. The molecule has 5 nitrogen and oxygen atoms in total. The highest BCUT2D eigenvalue weighted by atomic mass is 15.3. The molecule has 1 saturated heterocycles. The van der Waals surface area contributed by atoms with Crippen molar-refractivity contribution in [3.8, 4) is 0 Å². The molecule has 0 radical (unpaired) electrons. The van der Waals surface area contributed by atoms with Crippen LogP contribution in [0, 0.1) is 6.92 Å². The maximum absolute atomic E-state index is 4.79. The molecule has 0 aliphatic carbocycles. The molecule has 1 aromatic carbocycles. The number of aromatic nitrogens is 1. The molecule has 0 spiro atoms. The molecule has 3 heterocycles. The number of aryl methyl sites for hydroxylation is 1. The van der Waals surface area contributed by atoms with Gasteiger partial charge in [0, 0.05) is 44.1 Å². The van der Waals surface area contributed by atoms with Crippen LogP contribution >= 0.6 is 0 Å². The highest BCUT2D eigenvalue weighted by Crippen LogP contribution is 2.31. The molecule has 0 bridgehead atoms. The molecule has 34 heavy (non-hydrogen) atoms. The number of fused-ring (bicyclic) bond motifs is 1. The number of rotatable bonds is 9. The maximum atomic E-state index is 4.79. The van der Waals surface area contributed by atoms with E-state index in [2.05, 4.69) is 77.6 Å². The molecule has 0 amide bonds. The average Bonchev–Trinajstić information content (AvgIpc) is 3.29. The Kier molecular flexibility index (Phi) is 10.3. The predicted molar refractivity (Wildman–Crippen MR) is 147 cm³/mol. The number of nitrogens with zero attached hydrogens (tertiary/aromatic N) is 3. The number of piperidine rings is 1. The van der Waals surface area contributed by atoms with Crippen molar-refractivity contribution in [3.63, 3.8) is 0 Å². The van der Waals surface area contributed by atoms with Gasteiger partial charge in [-0.25, -0.2) is 4.98 Å². The molecule has 2 N–H and O–H groups in total. The minimum absolute atomic E-state index is 0.660. The molecule has 2 aliphatic rings. The van der Waals surface area contributed by atoms with Gasteiger partial charge in [0.1, 0.15) is 11.6 Å². The number of unbranched alkanes of at least 4 members (excludes halogenated alkanes) is 1. The van der Waals surface area contributed by atoms with E-state index in [0.29, 0.717) is 6.04 Å². The number of nitrogens with one attached hydrogen (secondary N) is 2. The molecule has 4 rings (SSSR count). The highest BCUT2D eigenvalue weighted by Gasteiger charge is 2.22. The summed E-state index contributed by atoms with van der Waals surface area (Å²) < 4.78 is 0. The summed E-state index contributed by atoms with van der Waals surface area (Å²) in [5, 5.41) is 7.29. The van der Waals surface area contributed by atoms with Crippen LogP contribution in [-0.2, 0) is 13.0 Å². The summed E-state index contributed by atoms with van der Waals surface area (Å²) in [4.78, 5) is 9.65. The Balaban J connectivity index is 0.00000158. The van der Waals surface area contributed by atoms with Crippen molar-refractivity contribution in [2.75, 3.05) is 36.0 Å². The van der Waals surface area contributed by atoms with Crippen molar-refractivity contribution in [1.29, 1.82) is 0 Å². The minimum Gasteiger partial charge on any atom is -0.368 e. The highest BCUT2D eigenvalue weighted by molar-refractivity contribution is 5.62. The van der Waals surface area contributed by atoms with E-state index in [1.807, 2.05) is 20.0 Å². The van der Waals surface area contributed by atoms with Gasteiger partial charge in [-0.15, -0.1) is 0 Å². The number of hydrogen-bond donors (Lipinski definition) is 2. The summed E-state index contributed by atoms with van der Waals surface area (Å²) in [5.41, 5.74) is 5.37. The minimum atomic E-state index is 0.660. The zero-order chi connectivity index (χ0) is 24.3. The number of benzene rings is 1. The van der Waals surface area contributed by atoms with Gasteiger partial charge in [-0.05, 0) is 68.5 Å². The Bertz CT molecular complexity index is 897. The molecule has 0 saturated carbocycles. The third-order valence-corrected chi connectivity index (χ3v) is 6.64. The van der Waals surface area contributed by atoms with Crippen molar-refractivity contribution in [1.82, 2.24) is 15.6 Å². The lowest BCUT2D eigenvalue weighted by molar-refractivity contribution is 0.422. The molecule has 0 unspecified atom stereocenters. The fourth-order valence-corrected chi connectivity index (χ4v) is 4.84. The van der Waals surface area contributed by atoms with Crippen LogP contribution in [0.15, 0.2) is 48.4 Å². The van der Waals surface area contributed by atoms with E-state index in [4.69, 9.17) is 4.98 Å². The number of anilines is 2. The van der Waals surface area contributed by atoms with Crippen LogP contribution in [0.5, 0.6) is 0 Å². The first-order valence-electron chi connectivity index (χ1n) is 13.4. The molecule has 5 heteroatoms. The summed E-state index contributed by atoms with van der Waals surface area (Å²) in [6.07, 6.45) is 10.1. The van der Waals surface area contributed by atoms with E-state index in [-0.39, 0.29) is 0 Å². The van der Waals surface area contributed by atoms with E-state index in [1.54, 1.807) is 0 Å². The SMILES string of the molecule is CC.CCC/C=C(\NCc1ccc(N2CCC(NCC)CC2)nc1)N1CCc2cc(C)ccc21. The van der Waals surface area contributed by atoms with Gasteiger partial charge in [-0.3, -0.25) is 0 Å².